The minimum Gasteiger partial charge on any atom is -0.379 e. The SMILES string of the molecule is NCCCCCOC[C@H]1O[C@@H](OCCc2c[nH]c3ccccc23)C[C@H](OCc2ccccc2)[C@H]1OCc1ccccc1. The zero-order valence-corrected chi connectivity index (χ0v) is 24.4. The molecule has 0 amide bonds. The van der Waals surface area contributed by atoms with Crippen LogP contribution >= 0.6 is 0 Å². The van der Waals surface area contributed by atoms with E-state index in [4.69, 9.17) is 29.4 Å². The van der Waals surface area contributed by atoms with Gasteiger partial charge in [0.05, 0.1) is 32.5 Å². The van der Waals surface area contributed by atoms with E-state index in [-0.39, 0.29) is 18.3 Å². The number of hydrogen-bond donors (Lipinski definition) is 2. The predicted molar refractivity (Wildman–Crippen MR) is 165 cm³/mol. The van der Waals surface area contributed by atoms with E-state index in [1.54, 1.807) is 0 Å². The second-order valence-electron chi connectivity index (χ2n) is 10.8. The van der Waals surface area contributed by atoms with Crippen LogP contribution < -0.4 is 5.73 Å². The van der Waals surface area contributed by atoms with Crippen molar-refractivity contribution in [2.75, 3.05) is 26.4 Å². The summed E-state index contributed by atoms with van der Waals surface area (Å²) in [6, 6.07) is 28.8. The molecule has 4 atom stereocenters. The first-order valence-corrected chi connectivity index (χ1v) is 15.2. The molecule has 0 radical (unpaired) electrons. The Morgan fingerprint density at radius 3 is 2.24 bits per heavy atom. The molecule has 5 rings (SSSR count). The molecule has 4 aromatic rings. The van der Waals surface area contributed by atoms with Gasteiger partial charge in [-0.3, -0.25) is 0 Å². The minimum atomic E-state index is -0.418. The molecular weight excluding hydrogens is 528 g/mol. The lowest BCUT2D eigenvalue weighted by atomic mass is 10.0. The van der Waals surface area contributed by atoms with Gasteiger partial charge in [0.2, 0.25) is 0 Å². The standard InChI is InChI=1S/C35H44N2O5/c36-19-10-3-11-20-38-26-33-35(41-25-28-14-6-2-7-15-28)32(40-24-27-12-4-1-5-13-27)22-34(42-33)39-21-18-29-23-37-31-17-9-8-16-30(29)31/h1-2,4-9,12-17,23,32-35,37H,3,10-11,18-22,24-26,36H2/t32-,33+,34+,35+/m0/s1. The van der Waals surface area contributed by atoms with Crippen LogP contribution in [0.1, 0.15) is 42.4 Å². The van der Waals surface area contributed by atoms with Crippen LogP contribution in [0.4, 0.5) is 0 Å². The van der Waals surface area contributed by atoms with Crippen LogP contribution in [0.5, 0.6) is 0 Å². The van der Waals surface area contributed by atoms with Gasteiger partial charge >= 0.3 is 0 Å². The number of H-pyrrole nitrogens is 1. The lowest BCUT2D eigenvalue weighted by Crippen LogP contribution is -2.53. The van der Waals surface area contributed by atoms with Crippen LogP contribution in [0.3, 0.4) is 0 Å². The number of fused-ring (bicyclic) bond motifs is 1. The number of rotatable bonds is 17. The van der Waals surface area contributed by atoms with Gasteiger partial charge < -0.3 is 34.4 Å². The molecule has 7 heteroatoms. The second kappa shape index (κ2) is 16.6. The summed E-state index contributed by atoms with van der Waals surface area (Å²) in [7, 11) is 0. The highest BCUT2D eigenvalue weighted by Gasteiger charge is 2.41. The lowest BCUT2D eigenvalue weighted by Gasteiger charge is -2.41. The Kier molecular flexibility index (Phi) is 12.0. The van der Waals surface area contributed by atoms with Crippen LogP contribution in [0.25, 0.3) is 10.9 Å². The number of ether oxygens (including phenoxy) is 5. The van der Waals surface area contributed by atoms with Crippen LogP contribution in [-0.4, -0.2) is 56.0 Å². The Morgan fingerprint density at radius 1 is 0.762 bits per heavy atom. The van der Waals surface area contributed by atoms with Gasteiger partial charge in [0.1, 0.15) is 12.2 Å². The fourth-order valence-electron chi connectivity index (χ4n) is 5.42. The van der Waals surface area contributed by atoms with Crippen molar-refractivity contribution in [1.82, 2.24) is 4.98 Å². The Hall–Kier alpha value is -3.04. The second-order valence-corrected chi connectivity index (χ2v) is 10.8. The number of aromatic nitrogens is 1. The monoisotopic (exact) mass is 572 g/mol. The van der Waals surface area contributed by atoms with E-state index < -0.39 is 6.29 Å². The minimum absolute atomic E-state index is 0.216. The maximum atomic E-state index is 6.54. The molecule has 1 saturated heterocycles. The molecule has 1 aliphatic heterocycles. The van der Waals surface area contributed by atoms with Gasteiger partial charge in [-0.15, -0.1) is 0 Å². The fraction of sp³-hybridized carbons (Fsp3) is 0.429. The van der Waals surface area contributed by atoms with Crippen molar-refractivity contribution in [3.05, 3.63) is 108 Å². The van der Waals surface area contributed by atoms with Crippen molar-refractivity contribution in [3.8, 4) is 0 Å². The topological polar surface area (TPSA) is 88.0 Å². The summed E-state index contributed by atoms with van der Waals surface area (Å²) in [4.78, 5) is 3.35. The highest BCUT2D eigenvalue weighted by atomic mass is 16.7. The first kappa shape index (κ1) is 30.4. The largest absolute Gasteiger partial charge is 0.379 e. The van der Waals surface area contributed by atoms with Gasteiger partial charge in [0.15, 0.2) is 6.29 Å². The summed E-state index contributed by atoms with van der Waals surface area (Å²) >= 11 is 0. The first-order valence-electron chi connectivity index (χ1n) is 15.2. The van der Waals surface area contributed by atoms with Crippen molar-refractivity contribution in [3.63, 3.8) is 0 Å². The van der Waals surface area contributed by atoms with Crippen molar-refractivity contribution >= 4 is 10.9 Å². The molecule has 0 spiro atoms. The summed E-state index contributed by atoms with van der Waals surface area (Å²) in [5.41, 5.74) is 10.3. The van der Waals surface area contributed by atoms with Crippen molar-refractivity contribution < 1.29 is 23.7 Å². The average Bonchev–Trinajstić information content (AvgIpc) is 3.45. The quantitative estimate of drug-likeness (QED) is 0.147. The Labute approximate surface area is 249 Å². The zero-order chi connectivity index (χ0) is 28.8. The van der Waals surface area contributed by atoms with E-state index in [1.807, 2.05) is 42.5 Å². The molecule has 3 N–H and O–H groups in total. The Balaban J connectivity index is 1.26. The van der Waals surface area contributed by atoms with Crippen LogP contribution in [0.15, 0.2) is 91.1 Å². The maximum absolute atomic E-state index is 6.54. The highest BCUT2D eigenvalue weighted by Crippen LogP contribution is 2.29. The third-order valence-corrected chi connectivity index (χ3v) is 7.70. The number of para-hydroxylation sites is 1. The third-order valence-electron chi connectivity index (χ3n) is 7.70. The summed E-state index contributed by atoms with van der Waals surface area (Å²) in [6.07, 6.45) is 5.20. The van der Waals surface area contributed by atoms with E-state index in [1.165, 1.54) is 10.9 Å². The number of aromatic amines is 1. The molecular formula is C35H44N2O5. The normalized spacial score (nSPS) is 20.7. The Morgan fingerprint density at radius 2 is 1.48 bits per heavy atom. The number of hydrogen-bond acceptors (Lipinski definition) is 6. The van der Waals surface area contributed by atoms with Crippen LogP contribution in [0.2, 0.25) is 0 Å². The molecule has 0 aliphatic carbocycles. The van der Waals surface area contributed by atoms with E-state index in [0.29, 0.717) is 46.0 Å². The molecule has 224 valence electrons. The van der Waals surface area contributed by atoms with Crippen LogP contribution in [0, 0.1) is 0 Å². The molecule has 0 bridgehead atoms. The van der Waals surface area contributed by atoms with Gasteiger partial charge in [-0.1, -0.05) is 78.9 Å². The molecule has 7 nitrogen and oxygen atoms in total. The summed E-state index contributed by atoms with van der Waals surface area (Å²) < 4.78 is 32.1. The summed E-state index contributed by atoms with van der Waals surface area (Å²) in [5, 5.41) is 1.23. The van der Waals surface area contributed by atoms with E-state index in [0.717, 1.165) is 42.3 Å². The van der Waals surface area contributed by atoms with Gasteiger partial charge in [-0.25, -0.2) is 0 Å². The third kappa shape index (κ3) is 8.98. The molecule has 2 heterocycles. The number of unbranched alkanes of at least 4 members (excludes halogenated alkanes) is 2. The zero-order valence-electron chi connectivity index (χ0n) is 24.4. The van der Waals surface area contributed by atoms with Crippen molar-refractivity contribution in [2.24, 2.45) is 5.73 Å². The van der Waals surface area contributed by atoms with Gasteiger partial charge in [-0.2, -0.15) is 0 Å². The van der Waals surface area contributed by atoms with Crippen molar-refractivity contribution in [1.29, 1.82) is 0 Å². The van der Waals surface area contributed by atoms with E-state index >= 15 is 0 Å². The predicted octanol–water partition coefficient (Wildman–Crippen LogP) is 6.16. The summed E-state index contributed by atoms with van der Waals surface area (Å²) in [6.45, 7) is 3.28. The van der Waals surface area contributed by atoms with E-state index in [9.17, 15) is 0 Å². The first-order chi connectivity index (χ1) is 20.8. The van der Waals surface area contributed by atoms with Crippen molar-refractivity contribution in [2.45, 2.75) is 69.9 Å². The molecule has 3 aromatic carbocycles. The number of nitrogens with two attached hydrogens (primary N) is 1. The fourth-order valence-corrected chi connectivity index (χ4v) is 5.42. The molecule has 1 fully saturated rings. The van der Waals surface area contributed by atoms with E-state index in [2.05, 4.69) is 53.6 Å². The lowest BCUT2D eigenvalue weighted by molar-refractivity contribution is -0.277. The highest BCUT2D eigenvalue weighted by molar-refractivity contribution is 5.83. The number of nitrogens with one attached hydrogen (secondary N) is 1. The van der Waals surface area contributed by atoms with Crippen LogP contribution in [-0.2, 0) is 43.3 Å². The molecule has 42 heavy (non-hydrogen) atoms. The average molecular weight is 573 g/mol. The molecule has 1 aliphatic rings. The van der Waals surface area contributed by atoms with Gasteiger partial charge in [0, 0.05) is 30.1 Å². The molecule has 0 saturated carbocycles. The van der Waals surface area contributed by atoms with Gasteiger partial charge in [-0.05, 0) is 55.0 Å². The molecule has 0 unspecified atom stereocenters. The molecule has 1 aromatic heterocycles. The summed E-state index contributed by atoms with van der Waals surface area (Å²) in [5.74, 6) is 0. The maximum Gasteiger partial charge on any atom is 0.160 e. The Bertz CT molecular complexity index is 1300. The smallest absolute Gasteiger partial charge is 0.160 e. The van der Waals surface area contributed by atoms with Gasteiger partial charge in [0.25, 0.3) is 0 Å². The number of benzene rings is 3.